The molecular formula is C25H28N4O2. The van der Waals surface area contributed by atoms with Gasteiger partial charge < -0.3 is 15.4 Å². The monoisotopic (exact) mass is 416 g/mol. The number of nitrogens with zero attached hydrogens (tertiary/aromatic N) is 2. The maximum Gasteiger partial charge on any atom is 0.229 e. The molecule has 0 bridgehead atoms. The van der Waals surface area contributed by atoms with Gasteiger partial charge in [0.25, 0.3) is 0 Å². The third kappa shape index (κ3) is 4.53. The van der Waals surface area contributed by atoms with Gasteiger partial charge in [-0.2, -0.15) is 4.98 Å². The standard InChI is InChI=1S/C25H28N4O2/c1-15-10-16(2)12-17(11-15)26-23-22-19(13-25(3,4)14-20(22)30)28-24(29-23)27-18-8-6-7-9-21(18)31-5/h6-12H,13-14H2,1-5H3,(H2,26,27,28,29). The van der Waals surface area contributed by atoms with E-state index in [0.29, 0.717) is 35.9 Å². The Morgan fingerprint density at radius 1 is 0.968 bits per heavy atom. The molecule has 1 heterocycles. The van der Waals surface area contributed by atoms with Gasteiger partial charge in [0.15, 0.2) is 5.78 Å². The molecule has 1 aromatic heterocycles. The van der Waals surface area contributed by atoms with Crippen LogP contribution >= 0.6 is 0 Å². The predicted octanol–water partition coefficient (Wildman–Crippen LogP) is 5.74. The van der Waals surface area contributed by atoms with E-state index in [1.54, 1.807) is 7.11 Å². The second kappa shape index (κ2) is 8.02. The first kappa shape index (κ1) is 20.8. The number of methoxy groups -OCH3 is 1. The fourth-order valence-electron chi connectivity index (χ4n) is 4.17. The van der Waals surface area contributed by atoms with Crippen LogP contribution in [0.25, 0.3) is 0 Å². The van der Waals surface area contributed by atoms with Crippen LogP contribution in [0.1, 0.15) is 47.4 Å². The van der Waals surface area contributed by atoms with Crippen LogP contribution in [0.3, 0.4) is 0 Å². The van der Waals surface area contributed by atoms with E-state index in [1.807, 2.05) is 36.4 Å². The number of para-hydroxylation sites is 2. The summed E-state index contributed by atoms with van der Waals surface area (Å²) in [6.45, 7) is 8.30. The van der Waals surface area contributed by atoms with Gasteiger partial charge in [-0.1, -0.05) is 32.0 Å². The van der Waals surface area contributed by atoms with Crippen molar-refractivity contribution in [1.29, 1.82) is 0 Å². The van der Waals surface area contributed by atoms with Crippen LogP contribution < -0.4 is 15.4 Å². The minimum Gasteiger partial charge on any atom is -0.495 e. The number of nitrogens with one attached hydrogen (secondary N) is 2. The van der Waals surface area contributed by atoms with E-state index < -0.39 is 0 Å². The molecule has 0 unspecified atom stereocenters. The number of aromatic nitrogens is 2. The number of hydrogen-bond acceptors (Lipinski definition) is 6. The molecule has 6 nitrogen and oxygen atoms in total. The van der Waals surface area contributed by atoms with Crippen molar-refractivity contribution < 1.29 is 9.53 Å². The van der Waals surface area contributed by atoms with E-state index in [1.165, 1.54) is 0 Å². The van der Waals surface area contributed by atoms with Gasteiger partial charge in [-0.3, -0.25) is 4.79 Å². The maximum atomic E-state index is 13.1. The number of aryl methyl sites for hydroxylation is 2. The molecule has 0 amide bonds. The number of ether oxygens (including phenoxy) is 1. The van der Waals surface area contributed by atoms with Crippen LogP contribution in [-0.2, 0) is 6.42 Å². The summed E-state index contributed by atoms with van der Waals surface area (Å²) in [7, 11) is 1.63. The summed E-state index contributed by atoms with van der Waals surface area (Å²) in [5.41, 5.74) is 5.17. The van der Waals surface area contributed by atoms with Crippen LogP contribution in [0.15, 0.2) is 42.5 Å². The molecule has 0 aliphatic heterocycles. The number of ketones is 1. The Bertz CT molecular complexity index is 1130. The lowest BCUT2D eigenvalue weighted by atomic mass is 9.75. The normalized spacial score (nSPS) is 14.7. The molecule has 3 aromatic rings. The summed E-state index contributed by atoms with van der Waals surface area (Å²) in [5, 5.41) is 6.65. The van der Waals surface area contributed by atoms with Crippen molar-refractivity contribution in [2.45, 2.75) is 40.5 Å². The Labute approximate surface area is 183 Å². The van der Waals surface area contributed by atoms with E-state index in [4.69, 9.17) is 14.7 Å². The van der Waals surface area contributed by atoms with Crippen molar-refractivity contribution >= 4 is 28.9 Å². The molecule has 0 spiro atoms. The topological polar surface area (TPSA) is 76.1 Å². The van der Waals surface area contributed by atoms with Crippen molar-refractivity contribution in [1.82, 2.24) is 9.97 Å². The third-order valence-corrected chi connectivity index (χ3v) is 5.39. The highest BCUT2D eigenvalue weighted by Crippen LogP contribution is 2.38. The quantitative estimate of drug-likeness (QED) is 0.552. The summed E-state index contributed by atoms with van der Waals surface area (Å²) < 4.78 is 5.44. The lowest BCUT2D eigenvalue weighted by Crippen LogP contribution is -2.29. The van der Waals surface area contributed by atoms with Crippen molar-refractivity contribution in [3.63, 3.8) is 0 Å². The van der Waals surface area contributed by atoms with E-state index in [-0.39, 0.29) is 11.2 Å². The molecule has 0 fully saturated rings. The van der Waals surface area contributed by atoms with Crippen molar-refractivity contribution in [2.24, 2.45) is 5.41 Å². The summed E-state index contributed by atoms with van der Waals surface area (Å²) in [5.74, 6) is 1.74. The van der Waals surface area contributed by atoms with Crippen LogP contribution in [0.4, 0.5) is 23.1 Å². The van der Waals surface area contributed by atoms with Crippen LogP contribution in [0, 0.1) is 19.3 Å². The van der Waals surface area contributed by atoms with E-state index in [2.05, 4.69) is 44.4 Å². The lowest BCUT2D eigenvalue weighted by molar-refractivity contribution is 0.0911. The van der Waals surface area contributed by atoms with E-state index in [9.17, 15) is 4.79 Å². The van der Waals surface area contributed by atoms with Gasteiger partial charge in [0.05, 0.1) is 24.1 Å². The van der Waals surface area contributed by atoms with Gasteiger partial charge in [0.2, 0.25) is 5.95 Å². The molecule has 160 valence electrons. The Morgan fingerprint density at radius 2 is 1.68 bits per heavy atom. The highest BCUT2D eigenvalue weighted by molar-refractivity contribution is 6.03. The smallest absolute Gasteiger partial charge is 0.229 e. The van der Waals surface area contributed by atoms with Gasteiger partial charge in [-0.05, 0) is 61.1 Å². The predicted molar refractivity (Wildman–Crippen MR) is 124 cm³/mol. The highest BCUT2D eigenvalue weighted by Gasteiger charge is 2.35. The molecule has 1 aliphatic rings. The summed E-state index contributed by atoms with van der Waals surface area (Å²) in [6, 6.07) is 13.8. The largest absolute Gasteiger partial charge is 0.495 e. The number of carbonyl (C=O) groups excluding carboxylic acids is 1. The zero-order valence-corrected chi connectivity index (χ0v) is 18.7. The number of benzene rings is 2. The zero-order valence-electron chi connectivity index (χ0n) is 18.7. The SMILES string of the molecule is COc1ccccc1Nc1nc2c(c(Nc3cc(C)cc(C)c3)n1)C(=O)CC(C)(C)C2. The number of hydrogen-bond donors (Lipinski definition) is 2. The highest BCUT2D eigenvalue weighted by atomic mass is 16.5. The first-order chi connectivity index (χ1) is 14.7. The Balaban J connectivity index is 1.80. The van der Waals surface area contributed by atoms with Crippen molar-refractivity contribution in [3.05, 3.63) is 64.8 Å². The van der Waals surface area contributed by atoms with Gasteiger partial charge in [0.1, 0.15) is 11.6 Å². The van der Waals surface area contributed by atoms with E-state index >= 15 is 0 Å². The summed E-state index contributed by atoms with van der Waals surface area (Å²) >= 11 is 0. The number of fused-ring (bicyclic) bond motifs is 1. The van der Waals surface area contributed by atoms with Gasteiger partial charge in [-0.15, -0.1) is 0 Å². The summed E-state index contributed by atoms with van der Waals surface area (Å²) in [4.78, 5) is 22.5. The molecule has 6 heteroatoms. The molecule has 2 N–H and O–H groups in total. The fraction of sp³-hybridized carbons (Fsp3) is 0.320. The lowest BCUT2D eigenvalue weighted by Gasteiger charge is -2.30. The van der Waals surface area contributed by atoms with Crippen molar-refractivity contribution in [2.75, 3.05) is 17.7 Å². The van der Waals surface area contributed by atoms with Crippen molar-refractivity contribution in [3.8, 4) is 5.75 Å². The Kier molecular flexibility index (Phi) is 5.39. The Hall–Kier alpha value is -3.41. The molecule has 31 heavy (non-hydrogen) atoms. The maximum absolute atomic E-state index is 13.1. The van der Waals surface area contributed by atoms with Crippen LogP contribution in [-0.4, -0.2) is 22.9 Å². The minimum atomic E-state index is -0.142. The van der Waals surface area contributed by atoms with Gasteiger partial charge >= 0.3 is 0 Å². The molecule has 0 saturated heterocycles. The number of Topliss-reactive ketones (excluding diaryl/α,β-unsaturated/α-hetero) is 1. The second-order valence-corrected chi connectivity index (χ2v) is 8.99. The molecule has 0 saturated carbocycles. The van der Waals surface area contributed by atoms with Crippen LogP contribution in [0.2, 0.25) is 0 Å². The molecule has 1 aliphatic carbocycles. The average Bonchev–Trinajstić information content (AvgIpc) is 2.66. The molecule has 0 radical (unpaired) electrons. The van der Waals surface area contributed by atoms with Crippen LogP contribution in [0.5, 0.6) is 5.75 Å². The Morgan fingerprint density at radius 3 is 2.39 bits per heavy atom. The summed E-state index contributed by atoms with van der Waals surface area (Å²) in [6.07, 6.45) is 1.18. The van der Waals surface area contributed by atoms with Gasteiger partial charge in [-0.25, -0.2) is 4.98 Å². The molecular weight excluding hydrogens is 388 g/mol. The number of rotatable bonds is 5. The fourth-order valence-corrected chi connectivity index (χ4v) is 4.17. The number of anilines is 4. The van der Waals surface area contributed by atoms with E-state index in [0.717, 1.165) is 28.2 Å². The van der Waals surface area contributed by atoms with Gasteiger partial charge in [0, 0.05) is 12.1 Å². The molecule has 0 atom stereocenters. The zero-order chi connectivity index (χ0) is 22.2. The third-order valence-electron chi connectivity index (χ3n) is 5.39. The second-order valence-electron chi connectivity index (χ2n) is 8.99. The first-order valence-corrected chi connectivity index (χ1v) is 10.4. The molecule has 4 rings (SSSR count). The average molecular weight is 417 g/mol. The number of carbonyl (C=O) groups is 1. The molecule has 2 aromatic carbocycles. The minimum absolute atomic E-state index is 0.0713. The first-order valence-electron chi connectivity index (χ1n) is 10.4.